The smallest absolute Gasteiger partial charge is 0.0642 e. The third kappa shape index (κ3) is 4.88. The summed E-state index contributed by atoms with van der Waals surface area (Å²) in [5.41, 5.74) is 4.93. The second-order valence-corrected chi connectivity index (χ2v) is 6.20. The van der Waals surface area contributed by atoms with Crippen molar-refractivity contribution in [2.75, 3.05) is 6.54 Å². The lowest BCUT2D eigenvalue weighted by Crippen LogP contribution is -2.25. The lowest BCUT2D eigenvalue weighted by molar-refractivity contribution is 0.259. The molecule has 0 radical (unpaired) electrons. The predicted molar refractivity (Wildman–Crippen MR) is 102 cm³/mol. The van der Waals surface area contributed by atoms with E-state index in [1.54, 1.807) is 10.9 Å². The van der Waals surface area contributed by atoms with Gasteiger partial charge in [-0.3, -0.25) is 9.88 Å². The van der Waals surface area contributed by atoms with Crippen LogP contribution in [0.5, 0.6) is 0 Å². The van der Waals surface area contributed by atoms with Gasteiger partial charge in [0, 0.05) is 50.0 Å². The molecule has 4 heteroatoms. The molecule has 2 aromatic heterocycles. The SMILES string of the molecule is C=Cn1cc(CN(CCc2ccccc2)Cc2ccncc2)c(C)n1. The standard InChI is InChI=1S/C21H24N4/c1-3-25-17-21(18(2)23-25)16-24(15-20-9-12-22-13-10-20)14-11-19-7-5-4-6-8-19/h3-10,12-13,17H,1,11,14-16H2,2H3. The van der Waals surface area contributed by atoms with Crippen molar-refractivity contribution in [2.45, 2.75) is 26.4 Å². The Labute approximate surface area is 149 Å². The van der Waals surface area contributed by atoms with Crippen molar-refractivity contribution in [3.63, 3.8) is 0 Å². The number of aryl methyl sites for hydroxylation is 1. The molecule has 0 unspecified atom stereocenters. The molecule has 25 heavy (non-hydrogen) atoms. The average molecular weight is 332 g/mol. The highest BCUT2D eigenvalue weighted by Crippen LogP contribution is 2.14. The van der Waals surface area contributed by atoms with Crippen molar-refractivity contribution in [1.82, 2.24) is 19.7 Å². The van der Waals surface area contributed by atoms with Gasteiger partial charge in [0.15, 0.2) is 0 Å². The number of aromatic nitrogens is 3. The van der Waals surface area contributed by atoms with Crippen molar-refractivity contribution in [2.24, 2.45) is 0 Å². The molecule has 0 aliphatic rings. The molecule has 2 heterocycles. The third-order valence-corrected chi connectivity index (χ3v) is 4.31. The highest BCUT2D eigenvalue weighted by atomic mass is 15.3. The van der Waals surface area contributed by atoms with Gasteiger partial charge in [0.2, 0.25) is 0 Å². The number of rotatable bonds is 8. The molecule has 4 nitrogen and oxygen atoms in total. The summed E-state index contributed by atoms with van der Waals surface area (Å²) in [7, 11) is 0. The van der Waals surface area contributed by atoms with E-state index in [1.165, 1.54) is 16.7 Å². The molecule has 0 bridgehead atoms. The number of hydrogen-bond acceptors (Lipinski definition) is 3. The normalized spacial score (nSPS) is 11.0. The van der Waals surface area contributed by atoms with E-state index in [0.717, 1.165) is 31.7 Å². The maximum atomic E-state index is 4.47. The van der Waals surface area contributed by atoms with E-state index < -0.39 is 0 Å². The van der Waals surface area contributed by atoms with Crippen LogP contribution in [0.1, 0.15) is 22.4 Å². The van der Waals surface area contributed by atoms with Crippen molar-refractivity contribution < 1.29 is 0 Å². The van der Waals surface area contributed by atoms with Crippen LogP contribution in [0, 0.1) is 6.92 Å². The Morgan fingerprint density at radius 3 is 2.48 bits per heavy atom. The Kier molecular flexibility index (Phi) is 5.75. The zero-order valence-corrected chi connectivity index (χ0v) is 14.7. The fourth-order valence-electron chi connectivity index (χ4n) is 2.90. The van der Waals surface area contributed by atoms with Crippen LogP contribution in [-0.4, -0.2) is 26.2 Å². The van der Waals surface area contributed by atoms with Crippen molar-refractivity contribution >= 4 is 6.20 Å². The van der Waals surface area contributed by atoms with E-state index in [9.17, 15) is 0 Å². The van der Waals surface area contributed by atoms with Gasteiger partial charge in [-0.25, -0.2) is 4.68 Å². The first-order chi connectivity index (χ1) is 12.2. The molecule has 0 amide bonds. The summed E-state index contributed by atoms with van der Waals surface area (Å²) in [4.78, 5) is 6.57. The van der Waals surface area contributed by atoms with Gasteiger partial charge in [0.05, 0.1) is 5.69 Å². The van der Waals surface area contributed by atoms with Crippen molar-refractivity contribution in [3.05, 3.63) is 90.0 Å². The largest absolute Gasteiger partial charge is 0.294 e. The van der Waals surface area contributed by atoms with Gasteiger partial charge in [0.1, 0.15) is 0 Å². The van der Waals surface area contributed by atoms with Crippen LogP contribution in [0.25, 0.3) is 6.20 Å². The third-order valence-electron chi connectivity index (χ3n) is 4.31. The van der Waals surface area contributed by atoms with Crippen LogP contribution in [0.3, 0.4) is 0 Å². The number of nitrogens with zero attached hydrogens (tertiary/aromatic N) is 4. The van der Waals surface area contributed by atoms with E-state index >= 15 is 0 Å². The van der Waals surface area contributed by atoms with Crippen molar-refractivity contribution in [1.29, 1.82) is 0 Å². The molecule has 0 aliphatic carbocycles. The maximum Gasteiger partial charge on any atom is 0.0642 e. The van der Waals surface area contributed by atoms with E-state index in [2.05, 4.69) is 77.1 Å². The van der Waals surface area contributed by atoms with Gasteiger partial charge in [-0.15, -0.1) is 0 Å². The Balaban J connectivity index is 1.73. The molecule has 0 fully saturated rings. The van der Waals surface area contributed by atoms with Crippen LogP contribution < -0.4 is 0 Å². The molecule has 0 saturated heterocycles. The highest BCUT2D eigenvalue weighted by molar-refractivity contribution is 5.23. The fraction of sp³-hybridized carbons (Fsp3) is 0.238. The Morgan fingerprint density at radius 1 is 1.04 bits per heavy atom. The van der Waals surface area contributed by atoms with Gasteiger partial charge in [-0.2, -0.15) is 5.10 Å². The average Bonchev–Trinajstić information content (AvgIpc) is 3.01. The molecular formula is C21H24N4. The first-order valence-electron chi connectivity index (χ1n) is 8.57. The van der Waals surface area contributed by atoms with Crippen molar-refractivity contribution in [3.8, 4) is 0 Å². The van der Waals surface area contributed by atoms with Gasteiger partial charge in [-0.05, 0) is 36.6 Å². The monoisotopic (exact) mass is 332 g/mol. The number of hydrogen-bond donors (Lipinski definition) is 0. The fourth-order valence-corrected chi connectivity index (χ4v) is 2.90. The Hall–Kier alpha value is -2.72. The molecule has 128 valence electrons. The van der Waals surface area contributed by atoms with Gasteiger partial charge in [-0.1, -0.05) is 36.9 Å². The van der Waals surface area contributed by atoms with Gasteiger partial charge >= 0.3 is 0 Å². The van der Waals surface area contributed by atoms with Crippen LogP contribution >= 0.6 is 0 Å². The molecule has 0 spiro atoms. The Bertz CT molecular complexity index is 793. The summed E-state index contributed by atoms with van der Waals surface area (Å²) in [6.45, 7) is 8.60. The molecule has 3 rings (SSSR count). The lowest BCUT2D eigenvalue weighted by atomic mass is 10.1. The first kappa shape index (κ1) is 17.1. The van der Waals surface area contributed by atoms with Crippen LogP contribution in [0.15, 0.2) is 67.6 Å². The van der Waals surface area contributed by atoms with Gasteiger partial charge in [0.25, 0.3) is 0 Å². The molecule has 3 aromatic rings. The van der Waals surface area contributed by atoms with E-state index in [1.807, 2.05) is 12.4 Å². The van der Waals surface area contributed by atoms with Gasteiger partial charge < -0.3 is 0 Å². The van der Waals surface area contributed by atoms with Crippen LogP contribution in [0.2, 0.25) is 0 Å². The summed E-state index contributed by atoms with van der Waals surface area (Å²) in [6.07, 6.45) is 8.52. The minimum atomic E-state index is 0.870. The molecule has 0 N–H and O–H groups in total. The summed E-state index contributed by atoms with van der Waals surface area (Å²) < 4.78 is 1.78. The Morgan fingerprint density at radius 2 is 1.80 bits per heavy atom. The van der Waals surface area contributed by atoms with Crippen LogP contribution in [-0.2, 0) is 19.5 Å². The lowest BCUT2D eigenvalue weighted by Gasteiger charge is -2.22. The number of pyridine rings is 1. The summed E-state index contributed by atoms with van der Waals surface area (Å²) in [5, 5.41) is 4.47. The topological polar surface area (TPSA) is 34.0 Å². The summed E-state index contributed by atoms with van der Waals surface area (Å²) in [6, 6.07) is 14.8. The summed E-state index contributed by atoms with van der Waals surface area (Å²) in [5.74, 6) is 0. The predicted octanol–water partition coefficient (Wildman–Crippen LogP) is 3.93. The molecular weight excluding hydrogens is 308 g/mol. The van der Waals surface area contributed by atoms with Crippen LogP contribution in [0.4, 0.5) is 0 Å². The highest BCUT2D eigenvalue weighted by Gasteiger charge is 2.11. The zero-order chi connectivity index (χ0) is 17.5. The van der Waals surface area contributed by atoms with E-state index in [4.69, 9.17) is 0 Å². The quantitative estimate of drug-likeness (QED) is 0.627. The molecule has 0 aliphatic heterocycles. The minimum Gasteiger partial charge on any atom is -0.294 e. The number of benzene rings is 1. The molecule has 0 saturated carbocycles. The minimum absolute atomic E-state index is 0.870. The first-order valence-corrected chi connectivity index (χ1v) is 8.57. The zero-order valence-electron chi connectivity index (χ0n) is 14.7. The second kappa shape index (κ2) is 8.40. The molecule has 0 atom stereocenters. The summed E-state index contributed by atoms with van der Waals surface area (Å²) >= 11 is 0. The second-order valence-electron chi connectivity index (χ2n) is 6.20. The van der Waals surface area contributed by atoms with E-state index in [-0.39, 0.29) is 0 Å². The van der Waals surface area contributed by atoms with E-state index in [0.29, 0.717) is 0 Å². The molecule has 1 aromatic carbocycles. The maximum absolute atomic E-state index is 4.47.